The summed E-state index contributed by atoms with van der Waals surface area (Å²) < 4.78 is 0. The second-order valence-corrected chi connectivity index (χ2v) is 6.54. The molecule has 1 saturated heterocycles. The van der Waals surface area contributed by atoms with E-state index in [9.17, 15) is 0 Å². The van der Waals surface area contributed by atoms with Crippen molar-refractivity contribution < 1.29 is 0 Å². The first kappa shape index (κ1) is 13.6. The molecule has 1 unspecified atom stereocenters. The topological polar surface area (TPSA) is 3.24 Å². The summed E-state index contributed by atoms with van der Waals surface area (Å²) in [6.07, 6.45) is 5.19. The minimum Gasteiger partial charge on any atom is -0.300 e. The van der Waals surface area contributed by atoms with E-state index < -0.39 is 0 Å². The molecule has 1 heteroatoms. The van der Waals surface area contributed by atoms with Gasteiger partial charge in [-0.05, 0) is 36.8 Å². The lowest BCUT2D eigenvalue weighted by atomic mass is 9.89. The van der Waals surface area contributed by atoms with Gasteiger partial charge < -0.3 is 0 Å². The van der Waals surface area contributed by atoms with E-state index in [1.807, 2.05) is 0 Å². The van der Waals surface area contributed by atoms with Crippen LogP contribution in [0.25, 0.3) is 0 Å². The van der Waals surface area contributed by atoms with Gasteiger partial charge in [0.05, 0.1) is 0 Å². The molecule has 0 saturated carbocycles. The zero-order valence-electron chi connectivity index (χ0n) is 12.2. The Kier molecular flexibility index (Phi) is 4.45. The summed E-state index contributed by atoms with van der Waals surface area (Å²) in [6.45, 7) is 9.66. The summed E-state index contributed by atoms with van der Waals surface area (Å²) in [5, 5.41) is 0. The Hall–Kier alpha value is -0.820. The minimum absolute atomic E-state index is 0.493. The summed E-state index contributed by atoms with van der Waals surface area (Å²) in [5.41, 5.74) is 1.98. The lowest BCUT2D eigenvalue weighted by Crippen LogP contribution is -2.32. The molecular formula is C17H27N. The maximum atomic E-state index is 2.72. The fourth-order valence-corrected chi connectivity index (χ4v) is 3.22. The lowest BCUT2D eigenvalue weighted by molar-refractivity contribution is 0.237. The van der Waals surface area contributed by atoms with Crippen LogP contribution in [0, 0.1) is 5.41 Å². The summed E-state index contributed by atoms with van der Waals surface area (Å²) in [5.74, 6) is 0. The van der Waals surface area contributed by atoms with Crippen LogP contribution in [0.15, 0.2) is 30.3 Å². The van der Waals surface area contributed by atoms with Crippen molar-refractivity contribution in [3.8, 4) is 0 Å². The molecule has 2 rings (SSSR count). The Labute approximate surface area is 112 Å². The van der Waals surface area contributed by atoms with Crippen molar-refractivity contribution >= 4 is 0 Å². The van der Waals surface area contributed by atoms with Gasteiger partial charge >= 0.3 is 0 Å². The monoisotopic (exact) mass is 245 g/mol. The zero-order valence-corrected chi connectivity index (χ0v) is 12.2. The lowest BCUT2D eigenvalue weighted by Gasteiger charge is -2.24. The van der Waals surface area contributed by atoms with Crippen molar-refractivity contribution in [1.29, 1.82) is 0 Å². The summed E-state index contributed by atoms with van der Waals surface area (Å²) in [4.78, 5) is 2.72. The average molecular weight is 245 g/mol. The van der Waals surface area contributed by atoms with Gasteiger partial charge in [-0.25, -0.2) is 0 Å². The minimum atomic E-state index is 0.493. The van der Waals surface area contributed by atoms with E-state index in [4.69, 9.17) is 0 Å². The Morgan fingerprint density at radius 1 is 1.22 bits per heavy atom. The fraction of sp³-hybridized carbons (Fsp3) is 0.647. The number of rotatable bonds is 5. The average Bonchev–Trinajstić information content (AvgIpc) is 2.62. The van der Waals surface area contributed by atoms with Gasteiger partial charge in [0.1, 0.15) is 0 Å². The number of hydrogen-bond acceptors (Lipinski definition) is 1. The van der Waals surface area contributed by atoms with Crippen LogP contribution in [0.2, 0.25) is 0 Å². The van der Waals surface area contributed by atoms with Gasteiger partial charge in [-0.15, -0.1) is 0 Å². The number of nitrogens with zero attached hydrogens (tertiary/aromatic N) is 1. The number of likely N-dealkylation sites (tertiary alicyclic amines) is 1. The number of hydrogen-bond donors (Lipinski definition) is 0. The van der Waals surface area contributed by atoms with Crippen molar-refractivity contribution in [2.24, 2.45) is 5.41 Å². The van der Waals surface area contributed by atoms with Gasteiger partial charge in [0.15, 0.2) is 0 Å². The van der Waals surface area contributed by atoms with Crippen molar-refractivity contribution in [1.82, 2.24) is 4.90 Å². The smallest absolute Gasteiger partial charge is 0.0141 e. The third-order valence-electron chi connectivity index (χ3n) is 4.05. The maximum absolute atomic E-state index is 2.72. The third-order valence-corrected chi connectivity index (χ3v) is 4.05. The van der Waals surface area contributed by atoms with Crippen LogP contribution >= 0.6 is 0 Å². The first-order chi connectivity index (χ1) is 8.61. The van der Waals surface area contributed by atoms with E-state index in [1.54, 1.807) is 0 Å². The van der Waals surface area contributed by atoms with E-state index >= 15 is 0 Å². The zero-order chi connectivity index (χ0) is 13.0. The van der Waals surface area contributed by atoms with Gasteiger partial charge in [-0.3, -0.25) is 4.90 Å². The quantitative estimate of drug-likeness (QED) is 0.754. The Morgan fingerprint density at radius 3 is 2.61 bits per heavy atom. The Balaban J connectivity index is 2.00. The van der Waals surface area contributed by atoms with Gasteiger partial charge in [0, 0.05) is 12.6 Å². The first-order valence-corrected chi connectivity index (χ1v) is 7.39. The summed E-state index contributed by atoms with van der Waals surface area (Å²) in [6, 6.07) is 11.7. The van der Waals surface area contributed by atoms with Gasteiger partial charge in [0.2, 0.25) is 0 Å². The molecule has 0 aliphatic carbocycles. The van der Waals surface area contributed by atoms with E-state index in [-0.39, 0.29) is 0 Å². The van der Waals surface area contributed by atoms with Gasteiger partial charge in [-0.1, -0.05) is 57.5 Å². The van der Waals surface area contributed by atoms with E-state index in [2.05, 4.69) is 56.0 Å². The molecule has 1 aromatic rings. The van der Waals surface area contributed by atoms with Crippen LogP contribution < -0.4 is 0 Å². The normalized spacial score (nSPS) is 23.4. The summed E-state index contributed by atoms with van der Waals surface area (Å²) in [7, 11) is 0. The number of benzene rings is 1. The highest BCUT2D eigenvalue weighted by Crippen LogP contribution is 2.35. The van der Waals surface area contributed by atoms with Crippen LogP contribution in [0.4, 0.5) is 0 Å². The first-order valence-electron chi connectivity index (χ1n) is 7.39. The standard InChI is InChI=1S/C17H27N/c1-4-5-11-18-14-17(2,3)13-16(18)12-15-9-7-6-8-10-15/h6-10,16H,4-5,11-14H2,1-3H3. The van der Waals surface area contributed by atoms with Crippen molar-refractivity contribution in [3.05, 3.63) is 35.9 Å². The predicted molar refractivity (Wildman–Crippen MR) is 78.8 cm³/mol. The fourth-order valence-electron chi connectivity index (χ4n) is 3.22. The molecule has 0 amide bonds. The van der Waals surface area contributed by atoms with Crippen LogP contribution in [0.3, 0.4) is 0 Å². The van der Waals surface area contributed by atoms with Crippen LogP contribution in [-0.2, 0) is 6.42 Å². The Morgan fingerprint density at radius 2 is 1.94 bits per heavy atom. The molecule has 1 aliphatic rings. The molecule has 18 heavy (non-hydrogen) atoms. The van der Waals surface area contributed by atoms with Gasteiger partial charge in [-0.2, -0.15) is 0 Å². The van der Waals surface area contributed by atoms with Crippen molar-refractivity contribution in [3.63, 3.8) is 0 Å². The molecule has 0 N–H and O–H groups in total. The van der Waals surface area contributed by atoms with Crippen LogP contribution in [0.5, 0.6) is 0 Å². The Bertz CT molecular complexity index is 355. The molecule has 1 fully saturated rings. The highest BCUT2D eigenvalue weighted by molar-refractivity contribution is 5.16. The molecular weight excluding hydrogens is 218 g/mol. The largest absolute Gasteiger partial charge is 0.300 e. The molecule has 1 heterocycles. The van der Waals surface area contributed by atoms with E-state index in [1.165, 1.54) is 44.3 Å². The second-order valence-electron chi connectivity index (χ2n) is 6.54. The van der Waals surface area contributed by atoms with Crippen LogP contribution in [-0.4, -0.2) is 24.0 Å². The number of unbranched alkanes of at least 4 members (excludes halogenated alkanes) is 1. The predicted octanol–water partition coefficient (Wildman–Crippen LogP) is 4.13. The molecule has 0 aromatic heterocycles. The van der Waals surface area contributed by atoms with Crippen molar-refractivity contribution in [2.75, 3.05) is 13.1 Å². The molecule has 1 atom stereocenters. The molecule has 0 bridgehead atoms. The molecule has 0 radical (unpaired) electrons. The third kappa shape index (κ3) is 3.58. The highest BCUT2D eigenvalue weighted by Gasteiger charge is 2.36. The summed E-state index contributed by atoms with van der Waals surface area (Å²) >= 11 is 0. The van der Waals surface area contributed by atoms with Gasteiger partial charge in [0.25, 0.3) is 0 Å². The van der Waals surface area contributed by atoms with Crippen molar-refractivity contribution in [2.45, 2.75) is 52.5 Å². The maximum Gasteiger partial charge on any atom is 0.0141 e. The van der Waals surface area contributed by atoms with Crippen LogP contribution in [0.1, 0.15) is 45.6 Å². The highest BCUT2D eigenvalue weighted by atomic mass is 15.2. The SMILES string of the molecule is CCCCN1CC(C)(C)CC1Cc1ccccc1. The van der Waals surface area contributed by atoms with E-state index in [0.717, 1.165) is 6.04 Å². The van der Waals surface area contributed by atoms with E-state index in [0.29, 0.717) is 5.41 Å². The molecule has 100 valence electrons. The molecule has 1 nitrogen and oxygen atoms in total. The second kappa shape index (κ2) is 5.88. The molecule has 1 aromatic carbocycles. The molecule has 1 aliphatic heterocycles. The molecule has 0 spiro atoms.